The maximum absolute atomic E-state index is 5.90. The zero-order chi connectivity index (χ0) is 19.9. The standard InChI is InChI=1S/C21H23BrN4OS/c1-15(2)13-27-20-7-5-4-6-18(20)12-23-26-16(3)24-25-21(26)28-14-17-8-10-19(22)11-9-17/h4-12,15H,13-14H2,1-3H3/b23-12+. The molecule has 0 amide bonds. The second kappa shape index (κ2) is 9.89. The monoisotopic (exact) mass is 458 g/mol. The van der Waals surface area contributed by atoms with Crippen molar-refractivity contribution in [3.63, 3.8) is 0 Å². The van der Waals surface area contributed by atoms with Gasteiger partial charge in [-0.15, -0.1) is 10.2 Å². The van der Waals surface area contributed by atoms with Crippen LogP contribution in [0.25, 0.3) is 0 Å². The quantitative estimate of drug-likeness (QED) is 0.327. The van der Waals surface area contributed by atoms with Gasteiger partial charge < -0.3 is 4.74 Å². The lowest BCUT2D eigenvalue weighted by Crippen LogP contribution is -2.06. The fourth-order valence-electron chi connectivity index (χ4n) is 2.38. The molecule has 0 fully saturated rings. The molecule has 0 aliphatic heterocycles. The summed E-state index contributed by atoms with van der Waals surface area (Å²) in [5.74, 6) is 2.84. The highest BCUT2D eigenvalue weighted by Crippen LogP contribution is 2.23. The van der Waals surface area contributed by atoms with E-state index in [1.165, 1.54) is 5.56 Å². The van der Waals surface area contributed by atoms with Crippen molar-refractivity contribution in [1.82, 2.24) is 14.9 Å². The molecule has 0 atom stereocenters. The van der Waals surface area contributed by atoms with Gasteiger partial charge in [0, 0.05) is 15.8 Å². The van der Waals surface area contributed by atoms with Crippen LogP contribution in [0.15, 0.2) is 63.3 Å². The summed E-state index contributed by atoms with van der Waals surface area (Å²) < 4.78 is 8.74. The van der Waals surface area contributed by atoms with Crippen LogP contribution in [0.4, 0.5) is 0 Å². The van der Waals surface area contributed by atoms with Crippen LogP contribution in [-0.4, -0.2) is 27.7 Å². The summed E-state index contributed by atoms with van der Waals surface area (Å²) in [7, 11) is 0. The normalized spacial score (nSPS) is 11.5. The number of hydrogen-bond donors (Lipinski definition) is 0. The average molecular weight is 459 g/mol. The predicted octanol–water partition coefficient (Wildman–Crippen LogP) is 5.56. The fraction of sp³-hybridized carbons (Fsp3) is 0.286. The van der Waals surface area contributed by atoms with E-state index in [1.54, 1.807) is 22.7 Å². The van der Waals surface area contributed by atoms with E-state index < -0.39 is 0 Å². The molecule has 5 nitrogen and oxygen atoms in total. The molecule has 0 unspecified atom stereocenters. The second-order valence-corrected chi connectivity index (χ2v) is 8.60. The molecular formula is C21H23BrN4OS. The van der Waals surface area contributed by atoms with Crippen molar-refractivity contribution in [2.24, 2.45) is 11.0 Å². The van der Waals surface area contributed by atoms with Gasteiger partial charge in [-0.05, 0) is 42.7 Å². The number of benzene rings is 2. The van der Waals surface area contributed by atoms with Crippen LogP contribution in [-0.2, 0) is 5.75 Å². The molecule has 2 aromatic carbocycles. The van der Waals surface area contributed by atoms with Gasteiger partial charge in [0.1, 0.15) is 5.75 Å². The number of aryl methyl sites for hydroxylation is 1. The van der Waals surface area contributed by atoms with E-state index in [1.807, 2.05) is 43.3 Å². The Morgan fingerprint density at radius 2 is 1.89 bits per heavy atom. The molecule has 1 heterocycles. The summed E-state index contributed by atoms with van der Waals surface area (Å²) >= 11 is 5.07. The third-order valence-corrected chi connectivity index (χ3v) is 5.37. The van der Waals surface area contributed by atoms with Crippen LogP contribution in [0.3, 0.4) is 0 Å². The topological polar surface area (TPSA) is 52.3 Å². The molecule has 0 aliphatic carbocycles. The molecule has 0 saturated heterocycles. The molecule has 146 valence electrons. The van der Waals surface area contributed by atoms with Crippen LogP contribution in [0, 0.1) is 12.8 Å². The number of halogens is 1. The van der Waals surface area contributed by atoms with Crippen LogP contribution < -0.4 is 4.74 Å². The van der Waals surface area contributed by atoms with Crippen molar-refractivity contribution in [2.45, 2.75) is 31.7 Å². The largest absolute Gasteiger partial charge is 0.493 e. The third kappa shape index (κ3) is 5.69. The maximum atomic E-state index is 5.90. The Morgan fingerprint density at radius 1 is 1.14 bits per heavy atom. The van der Waals surface area contributed by atoms with Crippen molar-refractivity contribution in [3.8, 4) is 5.75 Å². The van der Waals surface area contributed by atoms with E-state index in [0.29, 0.717) is 12.5 Å². The highest BCUT2D eigenvalue weighted by atomic mass is 79.9. The number of nitrogens with zero attached hydrogens (tertiary/aromatic N) is 4. The van der Waals surface area contributed by atoms with E-state index >= 15 is 0 Å². The van der Waals surface area contributed by atoms with Crippen molar-refractivity contribution in [1.29, 1.82) is 0 Å². The van der Waals surface area contributed by atoms with Crippen molar-refractivity contribution >= 4 is 33.9 Å². The number of aromatic nitrogens is 3. The summed E-state index contributed by atoms with van der Waals surface area (Å²) in [5.41, 5.74) is 2.15. The Labute approximate surface area is 178 Å². The molecule has 1 aromatic heterocycles. The second-order valence-electron chi connectivity index (χ2n) is 6.74. The molecule has 0 radical (unpaired) electrons. The zero-order valence-corrected chi connectivity index (χ0v) is 18.6. The molecule has 3 rings (SSSR count). The fourth-order valence-corrected chi connectivity index (χ4v) is 3.54. The van der Waals surface area contributed by atoms with Crippen LogP contribution in [0.1, 0.15) is 30.8 Å². The van der Waals surface area contributed by atoms with Crippen molar-refractivity contribution in [2.75, 3.05) is 6.61 Å². The van der Waals surface area contributed by atoms with Gasteiger partial charge in [-0.3, -0.25) is 0 Å². The van der Waals surface area contributed by atoms with Crippen molar-refractivity contribution in [3.05, 3.63) is 70.0 Å². The lowest BCUT2D eigenvalue weighted by atomic mass is 10.2. The predicted molar refractivity (Wildman–Crippen MR) is 118 cm³/mol. The number of para-hydroxylation sites is 1. The molecule has 0 bridgehead atoms. The van der Waals surface area contributed by atoms with E-state index in [-0.39, 0.29) is 0 Å². The Bertz CT molecular complexity index is 938. The number of thioether (sulfide) groups is 1. The Kier molecular flexibility index (Phi) is 7.28. The molecule has 28 heavy (non-hydrogen) atoms. The first-order valence-corrected chi connectivity index (χ1v) is 10.9. The van der Waals surface area contributed by atoms with Gasteiger partial charge >= 0.3 is 0 Å². The molecule has 7 heteroatoms. The Balaban J connectivity index is 1.74. The molecule has 0 spiro atoms. The Hall–Kier alpha value is -2.12. The van der Waals surface area contributed by atoms with Crippen molar-refractivity contribution < 1.29 is 4.74 Å². The SMILES string of the molecule is Cc1nnc(SCc2ccc(Br)cc2)n1/N=C/c1ccccc1OCC(C)C. The average Bonchev–Trinajstić information content (AvgIpc) is 3.04. The lowest BCUT2D eigenvalue weighted by molar-refractivity contribution is 0.270. The van der Waals surface area contributed by atoms with Gasteiger partial charge in [0.05, 0.1) is 12.8 Å². The molecule has 3 aromatic rings. The van der Waals surface area contributed by atoms with Gasteiger partial charge in [0.15, 0.2) is 5.82 Å². The zero-order valence-electron chi connectivity index (χ0n) is 16.2. The first-order valence-electron chi connectivity index (χ1n) is 9.08. The lowest BCUT2D eigenvalue weighted by Gasteiger charge is -2.10. The molecular weight excluding hydrogens is 436 g/mol. The summed E-state index contributed by atoms with van der Waals surface area (Å²) in [6.07, 6.45) is 1.80. The van der Waals surface area contributed by atoms with Gasteiger partial charge in [0.2, 0.25) is 5.16 Å². The minimum Gasteiger partial charge on any atom is -0.493 e. The van der Waals surface area contributed by atoms with E-state index in [4.69, 9.17) is 4.74 Å². The van der Waals surface area contributed by atoms with E-state index in [0.717, 1.165) is 32.5 Å². The smallest absolute Gasteiger partial charge is 0.212 e. The summed E-state index contributed by atoms with van der Waals surface area (Å²) in [4.78, 5) is 0. The van der Waals surface area contributed by atoms with Gasteiger partial charge in [0.25, 0.3) is 0 Å². The van der Waals surface area contributed by atoms with Crippen LogP contribution >= 0.6 is 27.7 Å². The Morgan fingerprint density at radius 3 is 2.64 bits per heavy atom. The summed E-state index contributed by atoms with van der Waals surface area (Å²) in [5, 5.41) is 13.8. The number of ether oxygens (including phenoxy) is 1. The van der Waals surface area contributed by atoms with Crippen LogP contribution in [0.2, 0.25) is 0 Å². The van der Waals surface area contributed by atoms with Gasteiger partial charge in [-0.1, -0.05) is 65.8 Å². The van der Waals surface area contributed by atoms with E-state index in [2.05, 4.69) is 57.2 Å². The van der Waals surface area contributed by atoms with Crippen LogP contribution in [0.5, 0.6) is 5.75 Å². The van der Waals surface area contributed by atoms with Gasteiger partial charge in [-0.25, -0.2) is 0 Å². The molecule has 0 saturated carbocycles. The summed E-state index contributed by atoms with van der Waals surface area (Å²) in [6.45, 7) is 6.83. The third-order valence-electron chi connectivity index (χ3n) is 3.85. The first kappa shape index (κ1) is 20.6. The number of rotatable bonds is 8. The van der Waals surface area contributed by atoms with E-state index in [9.17, 15) is 0 Å². The number of hydrogen-bond acceptors (Lipinski definition) is 5. The molecule has 0 aliphatic rings. The summed E-state index contributed by atoms with van der Waals surface area (Å²) in [6, 6.07) is 16.2. The highest BCUT2D eigenvalue weighted by Gasteiger charge is 2.09. The maximum Gasteiger partial charge on any atom is 0.212 e. The van der Waals surface area contributed by atoms with Gasteiger partial charge in [-0.2, -0.15) is 9.78 Å². The first-order chi connectivity index (χ1) is 13.5. The molecule has 0 N–H and O–H groups in total. The highest BCUT2D eigenvalue weighted by molar-refractivity contribution is 9.10. The minimum absolute atomic E-state index is 0.465. The minimum atomic E-state index is 0.465.